The van der Waals surface area contributed by atoms with Crippen LogP contribution in [0.3, 0.4) is 0 Å². The highest BCUT2D eigenvalue weighted by Gasteiger charge is 2.21. The third kappa shape index (κ3) is 2.98. The predicted octanol–water partition coefficient (Wildman–Crippen LogP) is 2.93. The Bertz CT molecular complexity index is 411. The van der Waals surface area contributed by atoms with E-state index < -0.39 is 0 Å². The zero-order valence-electron chi connectivity index (χ0n) is 10.1. The Kier molecular flexibility index (Phi) is 4.00. The van der Waals surface area contributed by atoms with Gasteiger partial charge in [-0.15, -0.1) is 0 Å². The maximum absolute atomic E-state index is 9.03. The Labute approximate surface area is 102 Å². The number of nitriles is 1. The molecular formula is C14H18N2O. The molecule has 1 aliphatic rings. The monoisotopic (exact) mass is 230 g/mol. The number of anilines is 1. The van der Waals surface area contributed by atoms with E-state index in [0.29, 0.717) is 17.7 Å². The molecule has 0 bridgehead atoms. The molecule has 1 saturated heterocycles. The zero-order chi connectivity index (χ0) is 12.1. The Morgan fingerprint density at radius 1 is 1.47 bits per heavy atom. The molecule has 0 radical (unpaired) electrons. The third-order valence-corrected chi connectivity index (χ3v) is 3.23. The largest absolute Gasteiger partial charge is 0.381 e. The smallest absolute Gasteiger partial charge is 0.101 e. The van der Waals surface area contributed by atoms with E-state index in [2.05, 4.69) is 18.3 Å². The number of hydrogen-bond acceptors (Lipinski definition) is 3. The summed E-state index contributed by atoms with van der Waals surface area (Å²) in [5.74, 6) is 0. The van der Waals surface area contributed by atoms with Gasteiger partial charge in [0.25, 0.3) is 0 Å². The molecule has 0 aliphatic carbocycles. The molecule has 1 aromatic rings. The summed E-state index contributed by atoms with van der Waals surface area (Å²) >= 11 is 0. The first-order valence-corrected chi connectivity index (χ1v) is 6.20. The molecule has 1 aromatic carbocycles. The second kappa shape index (κ2) is 5.70. The normalized spacial score (nSPS) is 24.0. The number of para-hydroxylation sites is 1. The summed E-state index contributed by atoms with van der Waals surface area (Å²) in [7, 11) is 0. The molecule has 1 heterocycles. The van der Waals surface area contributed by atoms with Gasteiger partial charge in [0.05, 0.1) is 17.4 Å². The molecule has 2 rings (SSSR count). The molecule has 3 nitrogen and oxygen atoms in total. The zero-order valence-corrected chi connectivity index (χ0v) is 10.1. The van der Waals surface area contributed by atoms with Crippen LogP contribution >= 0.6 is 0 Å². The van der Waals surface area contributed by atoms with Gasteiger partial charge in [-0.3, -0.25) is 0 Å². The summed E-state index contributed by atoms with van der Waals surface area (Å²) < 4.78 is 5.65. The van der Waals surface area contributed by atoms with Crippen molar-refractivity contribution in [2.75, 3.05) is 11.9 Å². The van der Waals surface area contributed by atoms with Gasteiger partial charge < -0.3 is 10.1 Å². The minimum Gasteiger partial charge on any atom is -0.381 e. The van der Waals surface area contributed by atoms with Crippen LogP contribution < -0.4 is 5.32 Å². The Balaban J connectivity index is 2.03. The van der Waals surface area contributed by atoms with Crippen molar-refractivity contribution >= 4 is 5.69 Å². The van der Waals surface area contributed by atoms with Crippen molar-refractivity contribution in [3.8, 4) is 6.07 Å². The summed E-state index contributed by atoms with van der Waals surface area (Å²) in [5, 5.41) is 12.5. The highest BCUT2D eigenvalue weighted by Crippen LogP contribution is 2.22. The van der Waals surface area contributed by atoms with Crippen LogP contribution in [0.4, 0.5) is 5.69 Å². The van der Waals surface area contributed by atoms with Crippen molar-refractivity contribution in [1.82, 2.24) is 0 Å². The molecule has 0 aromatic heterocycles. The van der Waals surface area contributed by atoms with E-state index in [-0.39, 0.29) is 0 Å². The second-order valence-corrected chi connectivity index (χ2v) is 4.42. The average Bonchev–Trinajstić information content (AvgIpc) is 2.39. The standard InChI is InChI=1S/C14H18N2O/c1-2-13-9-12(7-8-17-13)16-14-6-4-3-5-11(14)10-15/h3-6,12-13,16H,2,7-9H2,1H3. The van der Waals surface area contributed by atoms with E-state index in [1.54, 1.807) is 0 Å². The van der Waals surface area contributed by atoms with Gasteiger partial charge in [-0.25, -0.2) is 0 Å². The molecular weight excluding hydrogens is 212 g/mol. The summed E-state index contributed by atoms with van der Waals surface area (Å²) in [6.45, 7) is 2.96. The molecule has 3 heteroatoms. The fraction of sp³-hybridized carbons (Fsp3) is 0.500. The molecule has 0 saturated carbocycles. The Morgan fingerprint density at radius 2 is 2.29 bits per heavy atom. The first kappa shape index (κ1) is 11.9. The van der Waals surface area contributed by atoms with E-state index in [1.165, 1.54) is 0 Å². The minimum atomic E-state index is 0.357. The van der Waals surface area contributed by atoms with Gasteiger partial charge >= 0.3 is 0 Å². The minimum absolute atomic E-state index is 0.357. The van der Waals surface area contributed by atoms with E-state index in [0.717, 1.165) is 31.6 Å². The van der Waals surface area contributed by atoms with Crippen molar-refractivity contribution in [2.45, 2.75) is 38.3 Å². The van der Waals surface area contributed by atoms with Crippen LogP contribution in [0.5, 0.6) is 0 Å². The number of nitrogens with one attached hydrogen (secondary N) is 1. The van der Waals surface area contributed by atoms with Crippen LogP contribution in [0.1, 0.15) is 31.7 Å². The van der Waals surface area contributed by atoms with Crippen molar-refractivity contribution in [3.05, 3.63) is 29.8 Å². The summed E-state index contributed by atoms with van der Waals surface area (Å²) in [5.41, 5.74) is 1.66. The Morgan fingerprint density at radius 3 is 3.06 bits per heavy atom. The fourth-order valence-electron chi connectivity index (χ4n) is 2.22. The number of hydrogen-bond donors (Lipinski definition) is 1. The van der Waals surface area contributed by atoms with E-state index in [4.69, 9.17) is 10.00 Å². The fourth-order valence-corrected chi connectivity index (χ4v) is 2.22. The van der Waals surface area contributed by atoms with Crippen LogP contribution in [0.2, 0.25) is 0 Å². The lowest BCUT2D eigenvalue weighted by Crippen LogP contribution is -2.33. The van der Waals surface area contributed by atoms with Crippen LogP contribution in [-0.2, 0) is 4.74 Å². The number of rotatable bonds is 3. The van der Waals surface area contributed by atoms with Gasteiger partial charge in [0, 0.05) is 12.6 Å². The van der Waals surface area contributed by atoms with E-state index in [9.17, 15) is 0 Å². The summed E-state index contributed by atoms with van der Waals surface area (Å²) in [6.07, 6.45) is 3.44. The highest BCUT2D eigenvalue weighted by atomic mass is 16.5. The molecule has 1 N–H and O–H groups in total. The lowest BCUT2D eigenvalue weighted by Gasteiger charge is -2.30. The van der Waals surface area contributed by atoms with Crippen LogP contribution in [0, 0.1) is 11.3 Å². The number of benzene rings is 1. The highest BCUT2D eigenvalue weighted by molar-refractivity contribution is 5.57. The Hall–Kier alpha value is -1.53. The average molecular weight is 230 g/mol. The van der Waals surface area contributed by atoms with Crippen molar-refractivity contribution in [1.29, 1.82) is 5.26 Å². The van der Waals surface area contributed by atoms with E-state index >= 15 is 0 Å². The maximum atomic E-state index is 9.03. The van der Waals surface area contributed by atoms with Gasteiger partial charge in [-0.05, 0) is 31.4 Å². The van der Waals surface area contributed by atoms with Gasteiger partial charge in [-0.2, -0.15) is 5.26 Å². The van der Waals surface area contributed by atoms with Gasteiger partial charge in [0.1, 0.15) is 6.07 Å². The van der Waals surface area contributed by atoms with Gasteiger partial charge in [0.2, 0.25) is 0 Å². The number of ether oxygens (including phenoxy) is 1. The van der Waals surface area contributed by atoms with E-state index in [1.807, 2.05) is 24.3 Å². The van der Waals surface area contributed by atoms with Crippen molar-refractivity contribution < 1.29 is 4.74 Å². The summed E-state index contributed by atoms with van der Waals surface area (Å²) in [4.78, 5) is 0. The number of nitrogens with zero attached hydrogens (tertiary/aromatic N) is 1. The van der Waals surface area contributed by atoms with Crippen molar-refractivity contribution in [2.24, 2.45) is 0 Å². The topological polar surface area (TPSA) is 45.0 Å². The van der Waals surface area contributed by atoms with Crippen LogP contribution in [-0.4, -0.2) is 18.8 Å². The van der Waals surface area contributed by atoms with Gasteiger partial charge in [-0.1, -0.05) is 19.1 Å². The van der Waals surface area contributed by atoms with Gasteiger partial charge in [0.15, 0.2) is 0 Å². The first-order chi connectivity index (χ1) is 8.33. The molecule has 2 unspecified atom stereocenters. The lowest BCUT2D eigenvalue weighted by molar-refractivity contribution is 0.00925. The SMILES string of the molecule is CCC1CC(Nc2ccccc2C#N)CCO1. The van der Waals surface area contributed by atoms with Crippen LogP contribution in [0.25, 0.3) is 0 Å². The second-order valence-electron chi connectivity index (χ2n) is 4.42. The molecule has 0 amide bonds. The molecule has 1 fully saturated rings. The first-order valence-electron chi connectivity index (χ1n) is 6.20. The molecule has 90 valence electrons. The lowest BCUT2D eigenvalue weighted by atomic mass is 10.0. The molecule has 2 atom stereocenters. The molecule has 1 aliphatic heterocycles. The molecule has 0 spiro atoms. The van der Waals surface area contributed by atoms with Crippen molar-refractivity contribution in [3.63, 3.8) is 0 Å². The third-order valence-electron chi connectivity index (χ3n) is 3.23. The quantitative estimate of drug-likeness (QED) is 0.868. The molecule has 17 heavy (non-hydrogen) atoms. The maximum Gasteiger partial charge on any atom is 0.101 e. The summed E-state index contributed by atoms with van der Waals surface area (Å²) in [6, 6.07) is 10.3. The predicted molar refractivity (Wildman–Crippen MR) is 67.8 cm³/mol. The van der Waals surface area contributed by atoms with Crippen LogP contribution in [0.15, 0.2) is 24.3 Å².